The maximum absolute atomic E-state index is 12.2. The molecule has 132 valence electrons. The third-order valence-corrected chi connectivity index (χ3v) is 3.37. The molecule has 1 aliphatic heterocycles. The first-order valence-electron chi connectivity index (χ1n) is 7.34. The molecule has 1 N–H and O–H groups in total. The van der Waals surface area contributed by atoms with Crippen LogP contribution < -0.4 is 10.1 Å². The van der Waals surface area contributed by atoms with Gasteiger partial charge in [0.2, 0.25) is 5.91 Å². The van der Waals surface area contributed by atoms with E-state index in [0.29, 0.717) is 19.7 Å². The quantitative estimate of drug-likeness (QED) is 0.887. The number of rotatable bonds is 5. The number of hydrogen-bond acceptors (Lipinski definition) is 4. The minimum absolute atomic E-state index is 0.136. The zero-order valence-electron chi connectivity index (χ0n) is 12.9. The second kappa shape index (κ2) is 7.52. The Morgan fingerprint density at radius 3 is 2.88 bits per heavy atom. The fourth-order valence-electron chi connectivity index (χ4n) is 2.30. The van der Waals surface area contributed by atoms with Crippen molar-refractivity contribution in [1.29, 1.82) is 0 Å². The van der Waals surface area contributed by atoms with Crippen LogP contribution in [0, 0.1) is 0 Å². The van der Waals surface area contributed by atoms with Crippen molar-refractivity contribution in [2.24, 2.45) is 0 Å². The molecule has 1 aromatic rings. The van der Waals surface area contributed by atoms with E-state index in [2.05, 4.69) is 10.1 Å². The number of morpholine rings is 1. The highest BCUT2D eigenvalue weighted by Crippen LogP contribution is 2.25. The molecule has 0 aliphatic carbocycles. The van der Waals surface area contributed by atoms with Gasteiger partial charge in [-0.25, -0.2) is 0 Å². The molecule has 2 rings (SSSR count). The van der Waals surface area contributed by atoms with Crippen LogP contribution in [0.1, 0.15) is 13.3 Å². The van der Waals surface area contributed by atoms with Crippen LogP contribution in [0.3, 0.4) is 0 Å². The molecule has 9 heteroatoms. The van der Waals surface area contributed by atoms with Crippen LogP contribution >= 0.6 is 0 Å². The molecule has 0 saturated carbocycles. The Balaban J connectivity index is 1.95. The molecule has 1 atom stereocenters. The van der Waals surface area contributed by atoms with Gasteiger partial charge in [-0.15, -0.1) is 13.2 Å². The molecule has 1 heterocycles. The summed E-state index contributed by atoms with van der Waals surface area (Å²) in [5.41, 5.74) is 0.136. The van der Waals surface area contributed by atoms with Crippen molar-refractivity contribution in [1.82, 2.24) is 4.90 Å². The first kappa shape index (κ1) is 18.1. The van der Waals surface area contributed by atoms with E-state index in [-0.39, 0.29) is 18.0 Å². The van der Waals surface area contributed by atoms with E-state index in [1.54, 1.807) is 4.90 Å². The molecule has 1 aliphatic rings. The van der Waals surface area contributed by atoms with Crippen LogP contribution in [0.15, 0.2) is 24.3 Å². The molecule has 1 saturated heterocycles. The molecule has 0 unspecified atom stereocenters. The van der Waals surface area contributed by atoms with Crippen LogP contribution in [-0.4, -0.2) is 48.9 Å². The molecule has 2 amide bonds. The van der Waals surface area contributed by atoms with Gasteiger partial charge in [-0.05, 0) is 19.1 Å². The zero-order chi connectivity index (χ0) is 17.7. The summed E-state index contributed by atoms with van der Waals surface area (Å²) < 4.78 is 45.6. The Morgan fingerprint density at radius 2 is 2.21 bits per heavy atom. The molecule has 0 spiro atoms. The Morgan fingerprint density at radius 1 is 1.46 bits per heavy atom. The molecule has 24 heavy (non-hydrogen) atoms. The molecule has 1 fully saturated rings. The van der Waals surface area contributed by atoms with Crippen LogP contribution in [0.5, 0.6) is 5.75 Å². The maximum Gasteiger partial charge on any atom is 0.573 e. The van der Waals surface area contributed by atoms with Crippen LogP contribution in [0.25, 0.3) is 0 Å². The van der Waals surface area contributed by atoms with E-state index in [9.17, 15) is 22.8 Å². The third kappa shape index (κ3) is 5.12. The van der Waals surface area contributed by atoms with Crippen molar-refractivity contribution in [2.45, 2.75) is 25.8 Å². The number of carbonyl (C=O) groups excluding carboxylic acids is 2. The summed E-state index contributed by atoms with van der Waals surface area (Å²) in [6, 6.07) is 4.91. The van der Waals surface area contributed by atoms with E-state index >= 15 is 0 Å². The van der Waals surface area contributed by atoms with Gasteiger partial charge in [-0.2, -0.15) is 0 Å². The smallest absolute Gasteiger partial charge is 0.406 e. The van der Waals surface area contributed by atoms with Crippen LogP contribution in [0.2, 0.25) is 0 Å². The van der Waals surface area contributed by atoms with Gasteiger partial charge in [0.15, 0.2) is 0 Å². The van der Waals surface area contributed by atoms with E-state index < -0.39 is 24.1 Å². The number of halogens is 3. The summed E-state index contributed by atoms with van der Waals surface area (Å²) in [6.45, 7) is 3.17. The highest BCUT2D eigenvalue weighted by atomic mass is 19.4. The predicted molar refractivity (Wildman–Crippen MR) is 78.4 cm³/mol. The average Bonchev–Trinajstić information content (AvgIpc) is 2.48. The normalized spacial score (nSPS) is 18.4. The zero-order valence-corrected chi connectivity index (χ0v) is 12.9. The Hall–Kier alpha value is -2.29. The first-order valence-corrected chi connectivity index (χ1v) is 7.34. The minimum atomic E-state index is -4.81. The summed E-state index contributed by atoms with van der Waals surface area (Å²) in [5.74, 6) is -1.24. The van der Waals surface area contributed by atoms with Gasteiger partial charge in [0.25, 0.3) is 5.91 Å². The molecule has 0 aromatic heterocycles. The molecule has 0 bridgehead atoms. The van der Waals surface area contributed by atoms with Gasteiger partial charge < -0.3 is 19.7 Å². The van der Waals surface area contributed by atoms with E-state index in [1.165, 1.54) is 12.1 Å². The Labute approximate surface area is 136 Å². The van der Waals surface area contributed by atoms with Gasteiger partial charge in [0.05, 0.1) is 13.0 Å². The lowest BCUT2D eigenvalue weighted by Gasteiger charge is -2.31. The number of nitrogens with zero attached hydrogens (tertiary/aromatic N) is 1. The van der Waals surface area contributed by atoms with Gasteiger partial charge in [0, 0.05) is 24.8 Å². The lowest BCUT2D eigenvalue weighted by Crippen LogP contribution is -2.48. The van der Waals surface area contributed by atoms with Crippen molar-refractivity contribution in [2.75, 3.05) is 25.0 Å². The second-order valence-electron chi connectivity index (χ2n) is 5.11. The van der Waals surface area contributed by atoms with Gasteiger partial charge in [-0.3, -0.25) is 9.59 Å². The fraction of sp³-hybridized carbons (Fsp3) is 0.467. The Kier molecular flexibility index (Phi) is 5.66. The summed E-state index contributed by atoms with van der Waals surface area (Å²) in [7, 11) is 0. The number of ether oxygens (including phenoxy) is 2. The van der Waals surface area contributed by atoms with Crippen molar-refractivity contribution >= 4 is 17.5 Å². The summed E-state index contributed by atoms with van der Waals surface area (Å²) in [5, 5.41) is 2.43. The van der Waals surface area contributed by atoms with Crippen LogP contribution in [0.4, 0.5) is 18.9 Å². The Bertz CT molecular complexity index is 607. The maximum atomic E-state index is 12.2. The number of amides is 2. The predicted octanol–water partition coefficient (Wildman–Crippen LogP) is 2.16. The van der Waals surface area contributed by atoms with Gasteiger partial charge >= 0.3 is 6.36 Å². The van der Waals surface area contributed by atoms with E-state index in [1.807, 2.05) is 6.92 Å². The average molecular weight is 346 g/mol. The van der Waals surface area contributed by atoms with E-state index in [4.69, 9.17) is 4.74 Å². The summed E-state index contributed by atoms with van der Waals surface area (Å²) >= 11 is 0. The third-order valence-electron chi connectivity index (χ3n) is 3.37. The lowest BCUT2D eigenvalue weighted by molar-refractivity contribution is -0.274. The number of benzene rings is 1. The minimum Gasteiger partial charge on any atom is -0.406 e. The number of alkyl halides is 3. The fourth-order valence-corrected chi connectivity index (χ4v) is 2.30. The highest BCUT2D eigenvalue weighted by Gasteiger charge is 2.32. The molecule has 0 radical (unpaired) electrons. The van der Waals surface area contributed by atoms with E-state index in [0.717, 1.165) is 12.1 Å². The summed E-state index contributed by atoms with van der Waals surface area (Å²) in [4.78, 5) is 25.6. The lowest BCUT2D eigenvalue weighted by atomic mass is 10.1. The standard InChI is InChI=1S/C15H17F3N2O4/c1-2-20-6-7-23-12(14(20)22)9-13(21)19-10-4-3-5-11(8-10)24-15(16,17)18/h3-5,8,12H,2,6-7,9H2,1H3,(H,19,21)/t12-/m0/s1. The SMILES string of the molecule is CCN1CCO[C@@H](CC(=O)Nc2cccc(OC(F)(F)F)c2)C1=O. The van der Waals surface area contributed by atoms with Gasteiger partial charge in [0.1, 0.15) is 11.9 Å². The number of hydrogen-bond donors (Lipinski definition) is 1. The highest BCUT2D eigenvalue weighted by molar-refractivity contribution is 5.95. The van der Waals surface area contributed by atoms with Crippen molar-refractivity contribution in [3.63, 3.8) is 0 Å². The van der Waals surface area contributed by atoms with Crippen molar-refractivity contribution in [3.05, 3.63) is 24.3 Å². The van der Waals surface area contributed by atoms with Crippen molar-refractivity contribution < 1.29 is 32.2 Å². The number of nitrogens with one attached hydrogen (secondary N) is 1. The molecule has 1 aromatic carbocycles. The van der Waals surface area contributed by atoms with Crippen molar-refractivity contribution in [3.8, 4) is 5.75 Å². The largest absolute Gasteiger partial charge is 0.573 e. The number of carbonyl (C=O) groups is 2. The molecular formula is C15H17F3N2O4. The number of anilines is 1. The van der Waals surface area contributed by atoms with Crippen LogP contribution in [-0.2, 0) is 14.3 Å². The topological polar surface area (TPSA) is 67.9 Å². The summed E-state index contributed by atoms with van der Waals surface area (Å²) in [6.07, 6.45) is -5.90. The van der Waals surface area contributed by atoms with Gasteiger partial charge in [-0.1, -0.05) is 6.07 Å². The molecule has 6 nitrogen and oxygen atoms in total. The second-order valence-corrected chi connectivity index (χ2v) is 5.11. The first-order chi connectivity index (χ1) is 11.3. The number of likely N-dealkylation sites (N-methyl/N-ethyl adjacent to an activating group) is 1. The monoisotopic (exact) mass is 346 g/mol. The molecular weight excluding hydrogens is 329 g/mol.